The number of rotatable bonds is 7. The van der Waals surface area contributed by atoms with E-state index in [-0.39, 0.29) is 59.6 Å². The van der Waals surface area contributed by atoms with E-state index in [0.29, 0.717) is 18.8 Å². The first kappa shape index (κ1) is 35.2. The molecule has 1 saturated heterocycles. The summed E-state index contributed by atoms with van der Waals surface area (Å²) in [6.07, 6.45) is -3.95. The van der Waals surface area contributed by atoms with Crippen LogP contribution in [0.25, 0.3) is 0 Å². The fourth-order valence-electron chi connectivity index (χ4n) is 5.39. The van der Waals surface area contributed by atoms with Gasteiger partial charge in [-0.1, -0.05) is 13.0 Å². The Morgan fingerprint density at radius 1 is 0.980 bits per heavy atom. The molecular weight excluding hydrogens is 643 g/mol. The molecule has 2 N–H and O–H groups in total. The molecule has 0 spiro atoms. The molecular formula is C34H38F3N7O5. The Morgan fingerprint density at radius 2 is 1.63 bits per heavy atom. The van der Waals surface area contributed by atoms with E-state index in [2.05, 4.69) is 27.4 Å². The Morgan fingerprint density at radius 3 is 2.27 bits per heavy atom. The normalized spacial score (nSPS) is 15.4. The number of nitrogens with one attached hydrogen (secondary N) is 2. The number of nitriles is 1. The maximum absolute atomic E-state index is 14.0. The number of carbonyl (C=O) groups excluding carboxylic acids is 2. The maximum Gasteiger partial charge on any atom is 0.416 e. The Bertz CT molecular complexity index is 1710. The van der Waals surface area contributed by atoms with Crippen LogP contribution in [0.15, 0.2) is 48.7 Å². The number of halogens is 3. The number of alkyl halides is 3. The molecule has 12 nitrogen and oxygen atoms in total. The van der Waals surface area contributed by atoms with Gasteiger partial charge < -0.3 is 29.7 Å². The van der Waals surface area contributed by atoms with E-state index in [0.717, 1.165) is 25.7 Å². The first-order valence-electron chi connectivity index (χ1n) is 15.8. The van der Waals surface area contributed by atoms with E-state index >= 15 is 0 Å². The van der Waals surface area contributed by atoms with E-state index in [1.807, 2.05) is 11.0 Å². The summed E-state index contributed by atoms with van der Waals surface area (Å²) in [6.45, 7) is 11.6. The maximum atomic E-state index is 14.0. The molecule has 2 aliphatic rings. The van der Waals surface area contributed by atoms with Gasteiger partial charge in [0.15, 0.2) is 11.6 Å². The smallest absolute Gasteiger partial charge is 0.416 e. The average Bonchev–Trinajstić information content (AvgIpc) is 3.05. The minimum absolute atomic E-state index is 0.00347. The van der Waals surface area contributed by atoms with Crippen molar-refractivity contribution >= 4 is 29.3 Å². The first-order chi connectivity index (χ1) is 23.2. The van der Waals surface area contributed by atoms with Gasteiger partial charge >= 0.3 is 18.3 Å². The fraction of sp³-hybridized carbons (Fsp3) is 0.412. The molecule has 3 heterocycles. The van der Waals surface area contributed by atoms with Crippen molar-refractivity contribution < 1.29 is 37.0 Å². The standard InChI is InChI=1S/C34H38F3N7O5/c1-5-42-12-14-43(15-13-42)21-22-6-7-25(18-27(22)34(35,36)37)41-31(45)40-24-8-10-26(11-9-24)48-28-23(19-38)20-39-30-29(28)47-17-16-44(30)32(46)49-33(2,3)4/h6-11,18,20H,5,12-17,21H2,1-4H3,(H2,40,41,45). The molecule has 0 bridgehead atoms. The highest BCUT2D eigenvalue weighted by Gasteiger charge is 2.35. The highest BCUT2D eigenvalue weighted by Crippen LogP contribution is 2.43. The predicted octanol–water partition coefficient (Wildman–Crippen LogP) is 6.68. The van der Waals surface area contributed by atoms with E-state index in [4.69, 9.17) is 14.2 Å². The summed E-state index contributed by atoms with van der Waals surface area (Å²) < 4.78 is 59.3. The number of urea groups is 1. The summed E-state index contributed by atoms with van der Waals surface area (Å²) in [5, 5.41) is 14.8. The van der Waals surface area contributed by atoms with Gasteiger partial charge in [0.05, 0.1) is 18.3 Å². The molecule has 260 valence electrons. The summed E-state index contributed by atoms with van der Waals surface area (Å²) in [7, 11) is 0. The van der Waals surface area contributed by atoms with Crippen LogP contribution in [-0.4, -0.2) is 78.4 Å². The van der Waals surface area contributed by atoms with Gasteiger partial charge in [-0.05, 0) is 69.3 Å². The van der Waals surface area contributed by atoms with Crippen molar-refractivity contribution in [2.45, 2.75) is 46.0 Å². The third-order valence-corrected chi connectivity index (χ3v) is 7.83. The number of aromatic nitrogens is 1. The monoisotopic (exact) mass is 681 g/mol. The summed E-state index contributed by atoms with van der Waals surface area (Å²) in [5.41, 5.74) is -0.996. The van der Waals surface area contributed by atoms with E-state index in [1.54, 1.807) is 20.8 Å². The molecule has 2 aromatic carbocycles. The van der Waals surface area contributed by atoms with Crippen LogP contribution in [0.5, 0.6) is 17.2 Å². The number of carbonyl (C=O) groups is 2. The van der Waals surface area contributed by atoms with Crippen LogP contribution in [-0.2, 0) is 17.5 Å². The summed E-state index contributed by atoms with van der Waals surface area (Å²) in [5.74, 6) is 0.559. The zero-order valence-corrected chi connectivity index (χ0v) is 27.7. The lowest BCUT2D eigenvalue weighted by Crippen LogP contribution is -2.45. The van der Waals surface area contributed by atoms with Gasteiger partial charge in [-0.3, -0.25) is 9.80 Å². The lowest BCUT2D eigenvalue weighted by molar-refractivity contribution is -0.138. The van der Waals surface area contributed by atoms with Crippen molar-refractivity contribution in [3.63, 3.8) is 0 Å². The molecule has 49 heavy (non-hydrogen) atoms. The van der Waals surface area contributed by atoms with Crippen molar-refractivity contribution in [3.8, 4) is 23.3 Å². The first-order valence-corrected chi connectivity index (χ1v) is 15.8. The van der Waals surface area contributed by atoms with Crippen molar-refractivity contribution in [2.75, 3.05) is 61.4 Å². The number of piperazine rings is 1. The quantitative estimate of drug-likeness (QED) is 0.280. The van der Waals surface area contributed by atoms with Gasteiger partial charge in [-0.2, -0.15) is 18.4 Å². The zero-order valence-electron chi connectivity index (χ0n) is 27.7. The molecule has 1 fully saturated rings. The lowest BCUT2D eigenvalue weighted by atomic mass is 10.0. The Labute approximate surface area is 282 Å². The average molecular weight is 682 g/mol. The number of benzene rings is 2. The number of ether oxygens (including phenoxy) is 3. The van der Waals surface area contributed by atoms with Crippen LogP contribution in [0, 0.1) is 11.3 Å². The third kappa shape index (κ3) is 8.89. The minimum atomic E-state index is -4.59. The molecule has 1 aromatic heterocycles. The number of hydrogen-bond donors (Lipinski definition) is 2. The van der Waals surface area contributed by atoms with E-state index in [1.165, 1.54) is 47.5 Å². The van der Waals surface area contributed by atoms with Crippen LogP contribution in [0.4, 0.5) is 40.0 Å². The fourth-order valence-corrected chi connectivity index (χ4v) is 5.39. The van der Waals surface area contributed by atoms with Crippen LogP contribution >= 0.6 is 0 Å². The summed E-state index contributed by atoms with van der Waals surface area (Å²) in [4.78, 5) is 35.4. The van der Waals surface area contributed by atoms with Gasteiger partial charge in [-0.15, -0.1) is 0 Å². The second-order valence-electron chi connectivity index (χ2n) is 12.5. The number of likely N-dealkylation sites (N-methyl/N-ethyl adjacent to an activating group) is 1. The molecule has 0 atom stereocenters. The largest absolute Gasteiger partial charge is 0.484 e. The third-order valence-electron chi connectivity index (χ3n) is 7.83. The number of hydrogen-bond acceptors (Lipinski definition) is 9. The molecule has 3 aromatic rings. The van der Waals surface area contributed by atoms with Crippen molar-refractivity contribution in [1.29, 1.82) is 5.26 Å². The molecule has 2 aliphatic heterocycles. The number of pyridine rings is 1. The van der Waals surface area contributed by atoms with Gasteiger partial charge in [0.2, 0.25) is 5.75 Å². The number of nitrogens with zero attached hydrogens (tertiary/aromatic N) is 5. The van der Waals surface area contributed by atoms with Gasteiger partial charge in [0, 0.05) is 44.1 Å². The van der Waals surface area contributed by atoms with E-state index < -0.39 is 29.5 Å². The van der Waals surface area contributed by atoms with Crippen LogP contribution in [0.3, 0.4) is 0 Å². The molecule has 5 rings (SSSR count). The van der Waals surface area contributed by atoms with Crippen LogP contribution < -0.4 is 25.0 Å². The molecule has 3 amide bonds. The molecule has 0 radical (unpaired) electrons. The minimum Gasteiger partial charge on any atom is -0.484 e. The van der Waals surface area contributed by atoms with Gasteiger partial charge in [-0.25, -0.2) is 14.6 Å². The number of anilines is 3. The lowest BCUT2D eigenvalue weighted by Gasteiger charge is -2.34. The van der Waals surface area contributed by atoms with Crippen LogP contribution in [0.1, 0.15) is 44.4 Å². The summed E-state index contributed by atoms with van der Waals surface area (Å²) >= 11 is 0. The van der Waals surface area contributed by atoms with Crippen molar-refractivity contribution in [3.05, 3.63) is 65.4 Å². The summed E-state index contributed by atoms with van der Waals surface area (Å²) in [6, 6.07) is 11.2. The Kier molecular flexibility index (Phi) is 10.5. The molecule has 15 heteroatoms. The van der Waals surface area contributed by atoms with Gasteiger partial charge in [0.25, 0.3) is 0 Å². The second kappa shape index (κ2) is 14.6. The van der Waals surface area contributed by atoms with E-state index in [9.17, 15) is 28.0 Å². The Hall–Kier alpha value is -5.07. The second-order valence-corrected chi connectivity index (χ2v) is 12.5. The van der Waals surface area contributed by atoms with Gasteiger partial charge in [0.1, 0.15) is 29.6 Å². The SMILES string of the molecule is CCN1CCN(Cc2ccc(NC(=O)Nc3ccc(Oc4c(C#N)cnc5c4OCCN5C(=O)OC(C)(C)C)cc3)cc2C(F)(F)F)CC1. The topological polar surface area (TPSA) is 132 Å². The molecule has 0 aliphatic carbocycles. The molecule has 0 saturated carbocycles. The number of amides is 3. The van der Waals surface area contributed by atoms with Crippen molar-refractivity contribution in [1.82, 2.24) is 14.8 Å². The Balaban J connectivity index is 1.25. The molecule has 0 unspecified atom stereocenters. The predicted molar refractivity (Wildman–Crippen MR) is 176 cm³/mol. The van der Waals surface area contributed by atoms with Crippen molar-refractivity contribution in [2.24, 2.45) is 0 Å². The number of fused-ring (bicyclic) bond motifs is 1. The van der Waals surface area contributed by atoms with Crippen LogP contribution in [0.2, 0.25) is 0 Å². The highest BCUT2D eigenvalue weighted by molar-refractivity contribution is 5.99. The highest BCUT2D eigenvalue weighted by atomic mass is 19.4. The zero-order chi connectivity index (χ0) is 35.3.